The third kappa shape index (κ3) is 4.43. The lowest BCUT2D eigenvalue weighted by molar-refractivity contribution is 0.0917. The summed E-state index contributed by atoms with van der Waals surface area (Å²) in [5, 5.41) is 3.90. The molecule has 116 valence electrons. The molecule has 1 heterocycles. The van der Waals surface area contributed by atoms with Crippen molar-refractivity contribution < 1.29 is 9.53 Å². The molecule has 0 amide bonds. The molecule has 4 nitrogen and oxygen atoms in total. The van der Waals surface area contributed by atoms with Gasteiger partial charge >= 0.3 is 0 Å². The number of hydrogen-bond acceptors (Lipinski definition) is 4. The van der Waals surface area contributed by atoms with E-state index in [0.717, 1.165) is 38.2 Å². The summed E-state index contributed by atoms with van der Waals surface area (Å²) in [5.41, 5.74) is 1.53. The SMILES string of the molecule is CCCOc1cc(C)c(Cl)cc1C(=O)CN1CCNCC1. The molecule has 2 rings (SSSR count). The zero-order valence-corrected chi connectivity index (χ0v) is 13.5. The number of carbonyl (C=O) groups is 1. The highest BCUT2D eigenvalue weighted by Crippen LogP contribution is 2.27. The van der Waals surface area contributed by atoms with Crippen molar-refractivity contribution in [1.29, 1.82) is 0 Å². The number of halogens is 1. The number of rotatable bonds is 6. The Morgan fingerprint density at radius 2 is 2.10 bits per heavy atom. The smallest absolute Gasteiger partial charge is 0.180 e. The van der Waals surface area contributed by atoms with Crippen molar-refractivity contribution in [3.05, 3.63) is 28.3 Å². The van der Waals surface area contributed by atoms with Gasteiger partial charge in [-0.05, 0) is 31.0 Å². The number of nitrogens with one attached hydrogen (secondary N) is 1. The molecule has 1 aromatic carbocycles. The van der Waals surface area contributed by atoms with Crippen molar-refractivity contribution in [3.63, 3.8) is 0 Å². The molecule has 1 fully saturated rings. The first-order chi connectivity index (χ1) is 10.1. The summed E-state index contributed by atoms with van der Waals surface area (Å²) < 4.78 is 5.72. The van der Waals surface area contributed by atoms with Crippen LogP contribution in [0.1, 0.15) is 29.3 Å². The van der Waals surface area contributed by atoms with Crippen molar-refractivity contribution in [2.45, 2.75) is 20.3 Å². The molecule has 0 spiro atoms. The molecule has 0 bridgehead atoms. The van der Waals surface area contributed by atoms with Crippen molar-refractivity contribution in [3.8, 4) is 5.75 Å². The largest absolute Gasteiger partial charge is 0.493 e. The van der Waals surface area contributed by atoms with E-state index in [-0.39, 0.29) is 5.78 Å². The van der Waals surface area contributed by atoms with Crippen molar-refractivity contribution >= 4 is 17.4 Å². The van der Waals surface area contributed by atoms with Gasteiger partial charge in [0, 0.05) is 31.2 Å². The third-order valence-corrected chi connectivity index (χ3v) is 4.01. The summed E-state index contributed by atoms with van der Waals surface area (Å²) in [6, 6.07) is 3.61. The van der Waals surface area contributed by atoms with Crippen LogP contribution in [-0.2, 0) is 0 Å². The van der Waals surface area contributed by atoms with Crippen molar-refractivity contribution in [1.82, 2.24) is 10.2 Å². The number of ether oxygens (including phenoxy) is 1. The maximum atomic E-state index is 12.6. The van der Waals surface area contributed by atoms with E-state index in [2.05, 4.69) is 10.2 Å². The summed E-state index contributed by atoms with van der Waals surface area (Å²) in [6.07, 6.45) is 0.910. The second-order valence-corrected chi connectivity index (χ2v) is 5.80. The Balaban J connectivity index is 2.15. The zero-order valence-electron chi connectivity index (χ0n) is 12.7. The van der Waals surface area contributed by atoms with Crippen LogP contribution in [0, 0.1) is 6.92 Å². The number of nitrogens with zero attached hydrogens (tertiary/aromatic N) is 1. The average Bonchev–Trinajstić information content (AvgIpc) is 2.49. The first-order valence-electron chi connectivity index (χ1n) is 7.51. The van der Waals surface area contributed by atoms with Crippen LogP contribution in [0.4, 0.5) is 0 Å². The van der Waals surface area contributed by atoms with Crippen LogP contribution in [0.3, 0.4) is 0 Å². The fourth-order valence-corrected chi connectivity index (χ4v) is 2.53. The number of piperazine rings is 1. The van der Waals surface area contributed by atoms with Gasteiger partial charge in [0.25, 0.3) is 0 Å². The Kier molecular flexibility index (Phi) is 6.03. The molecule has 0 atom stereocenters. The Labute approximate surface area is 131 Å². The van der Waals surface area contributed by atoms with Gasteiger partial charge < -0.3 is 10.1 Å². The van der Waals surface area contributed by atoms with E-state index in [4.69, 9.17) is 16.3 Å². The number of benzene rings is 1. The predicted molar refractivity (Wildman–Crippen MR) is 85.6 cm³/mol. The van der Waals surface area contributed by atoms with E-state index in [1.54, 1.807) is 6.07 Å². The molecule has 21 heavy (non-hydrogen) atoms. The minimum Gasteiger partial charge on any atom is -0.493 e. The number of hydrogen-bond donors (Lipinski definition) is 1. The molecule has 0 aromatic heterocycles. The fraction of sp³-hybridized carbons (Fsp3) is 0.562. The van der Waals surface area contributed by atoms with Gasteiger partial charge in [-0.15, -0.1) is 0 Å². The first-order valence-corrected chi connectivity index (χ1v) is 7.89. The number of Topliss-reactive ketones (excluding diaryl/α,β-unsaturated/α-hetero) is 1. The normalized spacial score (nSPS) is 16.0. The van der Waals surface area contributed by atoms with Gasteiger partial charge in [0.05, 0.1) is 18.7 Å². The van der Waals surface area contributed by atoms with Crippen molar-refractivity contribution in [2.75, 3.05) is 39.3 Å². The molecule has 1 aromatic rings. The summed E-state index contributed by atoms with van der Waals surface area (Å²) in [7, 11) is 0. The summed E-state index contributed by atoms with van der Waals surface area (Å²) in [4.78, 5) is 14.7. The molecule has 1 saturated heterocycles. The molecule has 0 radical (unpaired) electrons. The second kappa shape index (κ2) is 7.78. The van der Waals surface area contributed by atoms with Crippen LogP contribution >= 0.6 is 11.6 Å². The monoisotopic (exact) mass is 310 g/mol. The molecular formula is C16H23ClN2O2. The summed E-state index contributed by atoms with van der Waals surface area (Å²) >= 11 is 6.18. The van der Waals surface area contributed by atoms with Crippen LogP contribution in [0.25, 0.3) is 0 Å². The molecule has 1 N–H and O–H groups in total. The van der Waals surface area contributed by atoms with E-state index in [1.807, 2.05) is 19.9 Å². The quantitative estimate of drug-likeness (QED) is 0.820. The van der Waals surface area contributed by atoms with Gasteiger partial charge in [0.2, 0.25) is 0 Å². The van der Waals surface area contributed by atoms with Gasteiger partial charge in [-0.2, -0.15) is 0 Å². The third-order valence-electron chi connectivity index (χ3n) is 3.60. The van der Waals surface area contributed by atoms with Gasteiger partial charge in [0.15, 0.2) is 5.78 Å². The standard InChI is InChI=1S/C16H23ClN2O2/c1-3-8-21-16-9-12(2)14(17)10-13(16)15(20)11-19-6-4-18-5-7-19/h9-10,18H,3-8,11H2,1-2H3. The van der Waals surface area contributed by atoms with Gasteiger partial charge in [-0.3, -0.25) is 9.69 Å². The van der Waals surface area contributed by atoms with Gasteiger partial charge in [-0.1, -0.05) is 18.5 Å². The Bertz CT molecular complexity index is 499. The van der Waals surface area contributed by atoms with Crippen LogP contribution in [-0.4, -0.2) is 50.0 Å². The Morgan fingerprint density at radius 1 is 1.38 bits per heavy atom. The number of ketones is 1. The molecule has 1 aliphatic rings. The predicted octanol–water partition coefficient (Wildman–Crippen LogP) is 2.53. The highest BCUT2D eigenvalue weighted by molar-refractivity contribution is 6.31. The molecule has 1 aliphatic heterocycles. The van der Waals surface area contributed by atoms with Gasteiger partial charge in [-0.25, -0.2) is 0 Å². The van der Waals surface area contributed by atoms with E-state index in [9.17, 15) is 4.79 Å². The lowest BCUT2D eigenvalue weighted by Gasteiger charge is -2.26. The fourth-order valence-electron chi connectivity index (χ4n) is 2.36. The summed E-state index contributed by atoms with van der Waals surface area (Å²) in [6.45, 7) is 8.66. The molecular weight excluding hydrogens is 288 g/mol. The summed E-state index contributed by atoms with van der Waals surface area (Å²) in [5.74, 6) is 0.726. The van der Waals surface area contributed by atoms with Crippen LogP contribution in [0.5, 0.6) is 5.75 Å². The van der Waals surface area contributed by atoms with Crippen LogP contribution < -0.4 is 10.1 Å². The topological polar surface area (TPSA) is 41.6 Å². The molecule has 0 aliphatic carbocycles. The van der Waals surface area contributed by atoms with Crippen LogP contribution in [0.2, 0.25) is 5.02 Å². The first kappa shape index (κ1) is 16.3. The minimum atomic E-state index is 0.0740. The maximum Gasteiger partial charge on any atom is 0.180 e. The lowest BCUT2D eigenvalue weighted by Crippen LogP contribution is -2.45. The van der Waals surface area contributed by atoms with Gasteiger partial charge in [0.1, 0.15) is 5.75 Å². The molecule has 0 unspecified atom stereocenters. The minimum absolute atomic E-state index is 0.0740. The second-order valence-electron chi connectivity index (χ2n) is 5.40. The molecule has 5 heteroatoms. The number of carbonyl (C=O) groups excluding carboxylic acids is 1. The van der Waals surface area contributed by atoms with E-state index < -0.39 is 0 Å². The Hall–Kier alpha value is -1.10. The lowest BCUT2D eigenvalue weighted by atomic mass is 10.1. The highest BCUT2D eigenvalue weighted by Gasteiger charge is 2.19. The number of aryl methyl sites for hydroxylation is 1. The zero-order chi connectivity index (χ0) is 15.2. The van der Waals surface area contributed by atoms with E-state index in [1.165, 1.54) is 0 Å². The van der Waals surface area contributed by atoms with E-state index in [0.29, 0.717) is 29.5 Å². The molecule has 0 saturated carbocycles. The Morgan fingerprint density at radius 3 is 2.76 bits per heavy atom. The van der Waals surface area contributed by atoms with Crippen LogP contribution in [0.15, 0.2) is 12.1 Å². The highest BCUT2D eigenvalue weighted by atomic mass is 35.5. The van der Waals surface area contributed by atoms with Crippen molar-refractivity contribution in [2.24, 2.45) is 0 Å². The maximum absolute atomic E-state index is 12.6. The average molecular weight is 311 g/mol. The van der Waals surface area contributed by atoms with E-state index >= 15 is 0 Å².